The Balaban J connectivity index is 2.47. The number of aliphatic carboxylic acids is 4. The lowest BCUT2D eigenvalue weighted by Crippen LogP contribution is -2.35. The molecule has 0 heterocycles. The van der Waals surface area contributed by atoms with Crippen LogP contribution in [0.5, 0.6) is 0 Å². The number of rotatable bonds is 14. The first-order valence-electron chi connectivity index (χ1n) is 10.4. The summed E-state index contributed by atoms with van der Waals surface area (Å²) in [7, 11) is 0. The Hall–Kier alpha value is -5.14. The molecule has 0 aliphatic rings. The molecule has 14 heteroatoms. The summed E-state index contributed by atoms with van der Waals surface area (Å²) in [5.41, 5.74) is -0.290. The highest BCUT2D eigenvalue weighted by Crippen LogP contribution is 2.27. The van der Waals surface area contributed by atoms with Crippen LogP contribution in [0.4, 0.5) is 11.4 Å². The molecule has 2 aromatic carbocycles. The Kier molecular flexibility index (Phi) is 9.12. The molecule has 0 radical (unpaired) electrons. The predicted molar refractivity (Wildman–Crippen MR) is 125 cm³/mol. The number of nitrogens with zero attached hydrogens (tertiary/aromatic N) is 2. The van der Waals surface area contributed by atoms with Crippen LogP contribution in [0, 0.1) is 0 Å². The second-order valence-electron chi connectivity index (χ2n) is 7.78. The van der Waals surface area contributed by atoms with Gasteiger partial charge in [-0.2, -0.15) is 0 Å². The van der Waals surface area contributed by atoms with Gasteiger partial charge in [0.25, 0.3) is 0 Å². The number of anilines is 2. The van der Waals surface area contributed by atoms with E-state index >= 15 is 0 Å². The van der Waals surface area contributed by atoms with E-state index in [0.717, 1.165) is 9.80 Å². The molecule has 6 N–H and O–H groups in total. The van der Waals surface area contributed by atoms with Crippen molar-refractivity contribution in [1.82, 2.24) is 0 Å². The molecule has 196 valence electrons. The summed E-state index contributed by atoms with van der Waals surface area (Å²) in [5, 5.41) is 55.5. The van der Waals surface area contributed by atoms with E-state index in [1.54, 1.807) is 0 Å². The van der Waals surface area contributed by atoms with Gasteiger partial charge in [-0.15, -0.1) is 0 Å². The second-order valence-corrected chi connectivity index (χ2v) is 7.78. The first-order valence-corrected chi connectivity index (χ1v) is 10.4. The third-order valence-corrected chi connectivity index (χ3v) is 4.98. The van der Waals surface area contributed by atoms with Crippen LogP contribution in [0.3, 0.4) is 0 Å². The van der Waals surface area contributed by atoms with E-state index in [2.05, 4.69) is 0 Å². The largest absolute Gasteiger partial charge is 0.480 e. The standard InChI is InChI=1S/C23H22N2O12/c26-18(27)8-24(9-19(28)29)16-3-1-12(6-14(16)22(34)35)5-13-2-4-17(15(7-13)23(36)37)25(10-20(30)31)11-21(32)33/h1-4,6-7H,5,8-11H2,(H,26,27)(H,28,29)(H,30,31)(H,32,33)(H,34,35)(H,36,37). The Labute approximate surface area is 208 Å². The summed E-state index contributed by atoms with van der Waals surface area (Å²) >= 11 is 0. The third kappa shape index (κ3) is 7.95. The zero-order valence-corrected chi connectivity index (χ0v) is 19.0. The van der Waals surface area contributed by atoms with E-state index < -0.39 is 62.0 Å². The maximum absolute atomic E-state index is 11.8. The van der Waals surface area contributed by atoms with Crippen molar-refractivity contribution in [3.63, 3.8) is 0 Å². The first-order chi connectivity index (χ1) is 17.3. The molecule has 2 aromatic rings. The number of carbonyl (C=O) groups is 6. The molecule has 0 saturated heterocycles. The lowest BCUT2D eigenvalue weighted by molar-refractivity contribution is -0.138. The summed E-state index contributed by atoms with van der Waals surface area (Å²) in [6.07, 6.45) is -0.00313. The van der Waals surface area contributed by atoms with Crippen molar-refractivity contribution < 1.29 is 59.4 Å². The lowest BCUT2D eigenvalue weighted by atomic mass is 9.98. The van der Waals surface area contributed by atoms with Crippen LogP contribution >= 0.6 is 0 Å². The highest BCUT2D eigenvalue weighted by atomic mass is 16.4. The van der Waals surface area contributed by atoms with Gasteiger partial charge in [-0.25, -0.2) is 9.59 Å². The van der Waals surface area contributed by atoms with Crippen molar-refractivity contribution in [3.8, 4) is 0 Å². The van der Waals surface area contributed by atoms with Gasteiger partial charge in [-0.3, -0.25) is 19.2 Å². The number of carboxylic acids is 6. The molecule has 0 aromatic heterocycles. The lowest BCUT2D eigenvalue weighted by Gasteiger charge is -2.23. The number of hydrogen-bond donors (Lipinski definition) is 6. The molecule has 0 atom stereocenters. The molecule has 0 spiro atoms. The van der Waals surface area contributed by atoms with Crippen molar-refractivity contribution in [2.24, 2.45) is 0 Å². The Bertz CT molecular complexity index is 1130. The summed E-state index contributed by atoms with van der Waals surface area (Å²) < 4.78 is 0. The molecule has 0 aliphatic carbocycles. The molecule has 0 fully saturated rings. The Morgan fingerprint density at radius 1 is 0.514 bits per heavy atom. The van der Waals surface area contributed by atoms with Gasteiger partial charge in [0, 0.05) is 0 Å². The topological polar surface area (TPSA) is 230 Å². The molecule has 14 nitrogen and oxygen atoms in total. The van der Waals surface area contributed by atoms with Crippen LogP contribution in [0.25, 0.3) is 0 Å². The van der Waals surface area contributed by atoms with Gasteiger partial charge < -0.3 is 40.4 Å². The molecular weight excluding hydrogens is 496 g/mol. The van der Waals surface area contributed by atoms with E-state index in [4.69, 9.17) is 20.4 Å². The summed E-state index contributed by atoms with van der Waals surface area (Å²) in [6.45, 7) is -3.06. The fourth-order valence-electron chi connectivity index (χ4n) is 3.62. The molecule has 37 heavy (non-hydrogen) atoms. The van der Waals surface area contributed by atoms with Crippen molar-refractivity contribution in [2.75, 3.05) is 36.0 Å². The molecule has 0 aliphatic heterocycles. The van der Waals surface area contributed by atoms with Crippen LogP contribution < -0.4 is 9.80 Å². The maximum Gasteiger partial charge on any atom is 0.337 e. The fourth-order valence-corrected chi connectivity index (χ4v) is 3.62. The minimum absolute atomic E-state index is 0.00313. The summed E-state index contributed by atoms with van der Waals surface area (Å²) in [6, 6.07) is 7.74. The molecular formula is C23H22N2O12. The maximum atomic E-state index is 11.8. The quantitative estimate of drug-likeness (QED) is 0.201. The van der Waals surface area contributed by atoms with Crippen LogP contribution in [-0.4, -0.2) is 92.6 Å². The van der Waals surface area contributed by atoms with Gasteiger partial charge in [-0.05, 0) is 41.8 Å². The van der Waals surface area contributed by atoms with Gasteiger partial charge in [0.15, 0.2) is 0 Å². The van der Waals surface area contributed by atoms with Gasteiger partial charge >= 0.3 is 35.8 Å². The normalized spacial score (nSPS) is 10.4. The number of aromatic carboxylic acids is 2. The van der Waals surface area contributed by atoms with Crippen LogP contribution in [0.2, 0.25) is 0 Å². The average molecular weight is 518 g/mol. The van der Waals surface area contributed by atoms with Crippen molar-refractivity contribution in [3.05, 3.63) is 58.7 Å². The third-order valence-electron chi connectivity index (χ3n) is 4.98. The van der Waals surface area contributed by atoms with E-state index in [-0.39, 0.29) is 28.9 Å². The number of carboxylic acid groups (broad SMARTS) is 6. The van der Waals surface area contributed by atoms with E-state index in [9.17, 15) is 39.0 Å². The van der Waals surface area contributed by atoms with Gasteiger partial charge in [0.2, 0.25) is 0 Å². The summed E-state index contributed by atoms with van der Waals surface area (Å²) in [5.74, 6) is -8.38. The predicted octanol–water partition coefficient (Wildman–Crippen LogP) is 0.625. The minimum Gasteiger partial charge on any atom is -0.480 e. The minimum atomic E-state index is -1.45. The molecule has 0 amide bonds. The molecule has 2 rings (SSSR count). The zero-order chi connectivity index (χ0) is 27.9. The van der Waals surface area contributed by atoms with Gasteiger partial charge in [-0.1, -0.05) is 12.1 Å². The summed E-state index contributed by atoms with van der Waals surface area (Å²) in [4.78, 5) is 70.0. The molecule has 0 unspecified atom stereocenters. The van der Waals surface area contributed by atoms with Crippen LogP contribution in [-0.2, 0) is 25.6 Å². The SMILES string of the molecule is O=C(O)CN(CC(=O)O)c1ccc(Cc2ccc(N(CC(=O)O)CC(=O)O)c(C(=O)O)c2)cc1C(=O)O. The molecule has 0 bridgehead atoms. The molecule has 0 saturated carbocycles. The highest BCUT2D eigenvalue weighted by molar-refractivity contribution is 5.97. The number of hydrogen-bond acceptors (Lipinski definition) is 8. The van der Waals surface area contributed by atoms with E-state index in [0.29, 0.717) is 11.1 Å². The van der Waals surface area contributed by atoms with Gasteiger partial charge in [0.1, 0.15) is 26.2 Å². The monoisotopic (exact) mass is 518 g/mol. The smallest absolute Gasteiger partial charge is 0.337 e. The van der Waals surface area contributed by atoms with Gasteiger partial charge in [0.05, 0.1) is 22.5 Å². The Morgan fingerprint density at radius 2 is 0.811 bits per heavy atom. The second kappa shape index (κ2) is 12.0. The Morgan fingerprint density at radius 3 is 1.05 bits per heavy atom. The van der Waals surface area contributed by atoms with E-state index in [1.807, 2.05) is 0 Å². The highest BCUT2D eigenvalue weighted by Gasteiger charge is 2.23. The van der Waals surface area contributed by atoms with Crippen LogP contribution in [0.15, 0.2) is 36.4 Å². The van der Waals surface area contributed by atoms with Crippen molar-refractivity contribution in [2.45, 2.75) is 6.42 Å². The van der Waals surface area contributed by atoms with Crippen LogP contribution in [0.1, 0.15) is 31.8 Å². The zero-order valence-electron chi connectivity index (χ0n) is 19.0. The number of benzene rings is 2. The average Bonchev–Trinajstić information content (AvgIpc) is 2.76. The van der Waals surface area contributed by atoms with E-state index in [1.165, 1.54) is 36.4 Å². The fraction of sp³-hybridized carbons (Fsp3) is 0.217. The van der Waals surface area contributed by atoms with Crippen molar-refractivity contribution >= 4 is 47.2 Å². The van der Waals surface area contributed by atoms with Crippen molar-refractivity contribution in [1.29, 1.82) is 0 Å². The first kappa shape index (κ1) is 28.1.